The monoisotopic (exact) mass is 1290 g/mol. The lowest BCUT2D eigenvalue weighted by atomic mass is 9.86. The molecule has 0 spiro atoms. The maximum absolute atomic E-state index is 13.7. The van der Waals surface area contributed by atoms with Gasteiger partial charge < -0.3 is 136 Å². The molecule has 3 heterocycles. The van der Waals surface area contributed by atoms with Crippen LogP contribution in [0.1, 0.15) is 72.1 Å². The van der Waals surface area contributed by atoms with E-state index >= 15 is 0 Å². The van der Waals surface area contributed by atoms with Gasteiger partial charge in [-0.15, -0.1) is 0 Å². The fourth-order valence-electron chi connectivity index (χ4n) is 10.1. The van der Waals surface area contributed by atoms with E-state index in [0.717, 1.165) is 0 Å². The van der Waals surface area contributed by atoms with Crippen LogP contribution in [0.3, 0.4) is 0 Å². The van der Waals surface area contributed by atoms with E-state index in [9.17, 15) is 84.3 Å². The van der Waals surface area contributed by atoms with E-state index < -0.39 is 177 Å². The summed E-state index contributed by atoms with van der Waals surface area (Å²) in [6.45, 7) is 0.650. The summed E-state index contributed by atoms with van der Waals surface area (Å²) >= 11 is 0. The Bertz CT molecular complexity index is 2170. The number of carbonyl (C=O) groups excluding carboxylic acids is 8. The van der Waals surface area contributed by atoms with Crippen molar-refractivity contribution in [3.05, 3.63) is 0 Å². The number of amides is 8. The highest BCUT2D eigenvalue weighted by Crippen LogP contribution is 2.27. The molecule has 17 atom stereocenters. The maximum Gasteiger partial charge on any atom is 0.242 e. The zero-order valence-corrected chi connectivity index (χ0v) is 50.6. The molecule has 35 heteroatoms. The number of aliphatic hydroxyl groups is 9. The van der Waals surface area contributed by atoms with Gasteiger partial charge in [0.1, 0.15) is 85.1 Å². The van der Waals surface area contributed by atoms with Crippen molar-refractivity contribution in [3.63, 3.8) is 0 Å². The predicted molar refractivity (Wildman–Crippen MR) is 301 cm³/mol. The van der Waals surface area contributed by atoms with Crippen LogP contribution in [0.2, 0.25) is 0 Å². The Morgan fingerprint density at radius 2 is 0.798 bits per heavy atom. The topological polar surface area (TPSA) is 507 Å². The quantitative estimate of drug-likeness (QED) is 0.0254. The average Bonchev–Trinajstić information content (AvgIpc) is 1.51. The van der Waals surface area contributed by atoms with Crippen LogP contribution in [0, 0.1) is 5.92 Å². The molecule has 8 amide bonds. The van der Waals surface area contributed by atoms with Crippen LogP contribution in [0.15, 0.2) is 0 Å². The lowest BCUT2D eigenvalue weighted by molar-refractivity contribution is -0.272. The first-order valence-corrected chi connectivity index (χ1v) is 29.7. The molecule has 4 fully saturated rings. The van der Waals surface area contributed by atoms with Crippen LogP contribution < -0.4 is 42.5 Å². The SMILES string of the molecule is COC1CCC(C(=O)NC(CCC(=O)NC(CCC(=O)NCCOCCOC2OC(CO)C(O)C(O)C2NC(C)=O)C(=O)NCCOCCOC2OC(CO)C(O)C(O)C2NC(C)=O)C(=O)NCCOCCOC2OC(CO)C(O)C(O)C2NC(C)=O)CC1. The van der Waals surface area contributed by atoms with Gasteiger partial charge in [0.05, 0.1) is 85.4 Å². The third kappa shape index (κ3) is 25.9. The second kappa shape index (κ2) is 40.8. The summed E-state index contributed by atoms with van der Waals surface area (Å²) in [4.78, 5) is 103. The van der Waals surface area contributed by atoms with Crippen molar-refractivity contribution in [3.8, 4) is 0 Å². The zero-order chi connectivity index (χ0) is 65.6. The molecule has 4 rings (SSSR count). The van der Waals surface area contributed by atoms with Crippen molar-refractivity contribution in [2.75, 3.05) is 106 Å². The van der Waals surface area contributed by atoms with Crippen LogP contribution in [0.4, 0.5) is 0 Å². The van der Waals surface area contributed by atoms with Crippen LogP contribution in [-0.4, -0.2) is 309 Å². The van der Waals surface area contributed by atoms with Gasteiger partial charge in [-0.1, -0.05) is 0 Å². The minimum Gasteiger partial charge on any atom is -0.394 e. The van der Waals surface area contributed by atoms with Crippen molar-refractivity contribution < 1.29 is 132 Å². The minimum atomic E-state index is -1.53. The first-order valence-electron chi connectivity index (χ1n) is 29.7. The van der Waals surface area contributed by atoms with E-state index in [4.69, 9.17) is 47.4 Å². The number of rotatable bonds is 39. The Kier molecular flexibility index (Phi) is 35.0. The fourth-order valence-corrected chi connectivity index (χ4v) is 10.1. The number of hydrogen-bond donors (Lipinski definition) is 17. The van der Waals surface area contributed by atoms with E-state index in [-0.39, 0.29) is 111 Å². The Morgan fingerprint density at radius 1 is 0.449 bits per heavy atom. The lowest BCUT2D eigenvalue weighted by Crippen LogP contribution is -2.64. The number of ether oxygens (including phenoxy) is 10. The fraction of sp³-hybridized carbons (Fsp3) is 0.852. The molecule has 0 aromatic heterocycles. The van der Waals surface area contributed by atoms with Gasteiger partial charge in [0.2, 0.25) is 47.3 Å². The molecule has 4 aliphatic rings. The molecular formula is C54H94N8O27. The van der Waals surface area contributed by atoms with E-state index in [1.54, 1.807) is 7.11 Å². The van der Waals surface area contributed by atoms with Crippen LogP contribution >= 0.6 is 0 Å². The second-order valence-electron chi connectivity index (χ2n) is 21.6. The molecule has 0 aromatic carbocycles. The summed E-state index contributed by atoms with van der Waals surface area (Å²) in [7, 11) is 1.58. The molecule has 1 aliphatic carbocycles. The maximum atomic E-state index is 13.7. The Morgan fingerprint density at radius 3 is 1.15 bits per heavy atom. The molecule has 0 aromatic rings. The van der Waals surface area contributed by atoms with Crippen molar-refractivity contribution >= 4 is 47.3 Å². The summed E-state index contributed by atoms with van der Waals surface area (Å²) < 4.78 is 55.6. The van der Waals surface area contributed by atoms with Gasteiger partial charge in [-0.25, -0.2) is 0 Å². The Labute approximate surface area is 514 Å². The Balaban J connectivity index is 1.32. The number of aliphatic hydroxyl groups excluding tert-OH is 9. The van der Waals surface area contributed by atoms with E-state index in [2.05, 4.69) is 42.5 Å². The van der Waals surface area contributed by atoms with Gasteiger partial charge in [-0.3, -0.25) is 38.4 Å². The van der Waals surface area contributed by atoms with Gasteiger partial charge in [0.15, 0.2) is 18.9 Å². The molecular weight excluding hydrogens is 1190 g/mol. The van der Waals surface area contributed by atoms with Crippen LogP contribution in [0.25, 0.3) is 0 Å². The summed E-state index contributed by atoms with van der Waals surface area (Å²) in [6, 6.07) is -6.07. The molecule has 17 unspecified atom stereocenters. The highest BCUT2D eigenvalue weighted by atomic mass is 16.7. The van der Waals surface area contributed by atoms with Crippen molar-refractivity contribution in [2.45, 2.75) is 182 Å². The predicted octanol–water partition coefficient (Wildman–Crippen LogP) is -9.00. The first kappa shape index (κ1) is 76.5. The summed E-state index contributed by atoms with van der Waals surface area (Å²) in [5, 5.41) is 112. The van der Waals surface area contributed by atoms with Gasteiger partial charge >= 0.3 is 0 Å². The molecule has 17 N–H and O–H groups in total. The first-order chi connectivity index (χ1) is 42.5. The smallest absolute Gasteiger partial charge is 0.242 e. The van der Waals surface area contributed by atoms with E-state index in [0.29, 0.717) is 25.7 Å². The number of hydrogen-bond acceptors (Lipinski definition) is 27. The number of methoxy groups -OCH3 is 1. The highest BCUT2D eigenvalue weighted by molar-refractivity contribution is 5.90. The van der Waals surface area contributed by atoms with E-state index in [1.165, 1.54) is 20.8 Å². The normalized spacial score (nSPS) is 30.2. The summed E-state index contributed by atoms with van der Waals surface area (Å²) in [6.07, 6.45) is -15.4. The third-order valence-corrected chi connectivity index (χ3v) is 14.9. The van der Waals surface area contributed by atoms with E-state index in [1.807, 2.05) is 0 Å². The molecule has 3 saturated heterocycles. The van der Waals surface area contributed by atoms with Crippen molar-refractivity contribution in [2.24, 2.45) is 5.92 Å². The second-order valence-corrected chi connectivity index (χ2v) is 21.6. The van der Waals surface area contributed by atoms with Gasteiger partial charge in [0, 0.05) is 66.3 Å². The van der Waals surface area contributed by atoms with Crippen molar-refractivity contribution in [1.82, 2.24) is 42.5 Å². The molecule has 35 nitrogen and oxygen atoms in total. The van der Waals surface area contributed by atoms with Crippen LogP contribution in [0.5, 0.6) is 0 Å². The lowest BCUT2D eigenvalue weighted by Gasteiger charge is -2.42. The number of nitrogens with one attached hydrogen (secondary N) is 8. The van der Waals surface area contributed by atoms with Gasteiger partial charge in [0.25, 0.3) is 0 Å². The zero-order valence-electron chi connectivity index (χ0n) is 50.6. The summed E-state index contributed by atoms with van der Waals surface area (Å²) in [5.74, 6) is -5.10. The number of carbonyl (C=O) groups is 8. The van der Waals surface area contributed by atoms with Crippen LogP contribution in [-0.2, 0) is 85.7 Å². The largest absolute Gasteiger partial charge is 0.394 e. The molecule has 0 radical (unpaired) electrons. The molecule has 512 valence electrons. The van der Waals surface area contributed by atoms with Gasteiger partial charge in [-0.2, -0.15) is 0 Å². The standard InChI is InChI=1S/C54H94N8O27/c1-28(66)58-40-46(74)43(71)35(25-63)87-52(40)84-22-19-81-16-13-55-38(69)11-9-33(50(78)56-14-17-82-20-23-85-53-41(59-29(2)67)47(75)44(72)36(26-64)88-53)61-39(70)12-10-34(62-49(77)31-5-7-32(80-4)8-6-31)51(79)57-15-18-83-21-24-86-54-42(60-30(3)68)48(76)45(73)37(27-65)89-54/h31-37,40-48,52-54,63-65,71-76H,5-27H2,1-4H3,(H,55,69)(H,56,78)(H,57,79)(H,58,66)(H,59,67)(H,60,68)(H,61,70)(H,62,77). The molecule has 1 saturated carbocycles. The highest BCUT2D eigenvalue weighted by Gasteiger charge is 2.48. The molecule has 89 heavy (non-hydrogen) atoms. The average molecular weight is 1290 g/mol. The third-order valence-electron chi connectivity index (χ3n) is 14.9. The summed E-state index contributed by atoms with van der Waals surface area (Å²) in [5.41, 5.74) is 0. The minimum absolute atomic E-state index is 0.00802. The van der Waals surface area contributed by atoms with Gasteiger partial charge in [-0.05, 0) is 38.5 Å². The molecule has 3 aliphatic heterocycles. The Hall–Kier alpha value is -5.00. The van der Waals surface area contributed by atoms with Crippen molar-refractivity contribution in [1.29, 1.82) is 0 Å². The molecule has 0 bridgehead atoms.